The minimum absolute atomic E-state index is 0.000851. The number of nitrogens with zero attached hydrogens (tertiary/aromatic N) is 2. The number of fused-ring (bicyclic) bond motifs is 1. The lowest BCUT2D eigenvalue weighted by molar-refractivity contribution is -0.142. The maximum Gasteiger partial charge on any atom is 0.307 e. The van der Waals surface area contributed by atoms with Crippen molar-refractivity contribution in [2.75, 3.05) is 26.0 Å². The van der Waals surface area contributed by atoms with Crippen LogP contribution in [0.4, 0.5) is 10.8 Å². The molecule has 4 aromatic rings. The molecule has 4 rings (SSSR count). The Hall–Kier alpha value is -3.26. The second-order valence-electron chi connectivity index (χ2n) is 8.67. The monoisotopic (exact) mass is 507 g/mol. The number of benzene rings is 3. The topological polar surface area (TPSA) is 82.5 Å². The van der Waals surface area contributed by atoms with E-state index in [4.69, 9.17) is 11.6 Å². The summed E-state index contributed by atoms with van der Waals surface area (Å²) in [5, 5.41) is 14.3. The summed E-state index contributed by atoms with van der Waals surface area (Å²) in [6, 6.07) is 20.9. The van der Waals surface area contributed by atoms with E-state index in [-0.39, 0.29) is 12.2 Å². The molecule has 0 saturated carbocycles. The Morgan fingerprint density at radius 1 is 1.03 bits per heavy atom. The van der Waals surface area contributed by atoms with Gasteiger partial charge in [-0.2, -0.15) is 0 Å². The van der Waals surface area contributed by atoms with Crippen LogP contribution >= 0.6 is 22.9 Å². The highest BCUT2D eigenvalue weighted by Crippen LogP contribution is 2.31. The Bertz CT molecular complexity index is 1330. The van der Waals surface area contributed by atoms with Crippen LogP contribution in [0.15, 0.2) is 66.7 Å². The number of carbonyl (C=O) groups is 2. The highest BCUT2D eigenvalue weighted by atomic mass is 35.5. The van der Waals surface area contributed by atoms with Crippen LogP contribution in [-0.2, 0) is 4.79 Å². The molecule has 0 bridgehead atoms. The molecule has 3 aromatic carbocycles. The molecule has 0 aliphatic rings. The summed E-state index contributed by atoms with van der Waals surface area (Å²) in [6.07, 6.45) is 0.443. The molecule has 6 nitrogen and oxygen atoms in total. The normalized spacial score (nSPS) is 12.1. The van der Waals surface area contributed by atoms with Crippen molar-refractivity contribution in [2.45, 2.75) is 12.8 Å². The summed E-state index contributed by atoms with van der Waals surface area (Å²) in [5.41, 5.74) is 4.34. The third kappa shape index (κ3) is 6.45. The molecule has 1 aromatic heterocycles. The molecule has 8 heteroatoms. The SMILES string of the molecule is CN(C)CCC(CC(=O)c1ccc(-c2ccc(Nc3nc4ccc(Cl)cc4s3)cc2)cc1)C(=O)O. The fourth-order valence-electron chi connectivity index (χ4n) is 3.74. The van der Waals surface area contributed by atoms with E-state index >= 15 is 0 Å². The molecule has 2 N–H and O–H groups in total. The molecular weight excluding hydrogens is 482 g/mol. The van der Waals surface area contributed by atoms with Crippen LogP contribution in [0.1, 0.15) is 23.2 Å². The van der Waals surface area contributed by atoms with Crippen molar-refractivity contribution in [2.24, 2.45) is 5.92 Å². The fourth-order valence-corrected chi connectivity index (χ4v) is 4.90. The zero-order valence-corrected chi connectivity index (χ0v) is 21.1. The van der Waals surface area contributed by atoms with E-state index in [2.05, 4.69) is 10.3 Å². The van der Waals surface area contributed by atoms with Gasteiger partial charge in [0.05, 0.1) is 16.1 Å². The second kappa shape index (κ2) is 11.0. The van der Waals surface area contributed by atoms with E-state index in [9.17, 15) is 14.7 Å². The summed E-state index contributed by atoms with van der Waals surface area (Å²) in [7, 11) is 3.78. The number of carbonyl (C=O) groups excluding carboxylic acids is 1. The maximum atomic E-state index is 12.7. The van der Waals surface area contributed by atoms with Gasteiger partial charge < -0.3 is 15.3 Å². The van der Waals surface area contributed by atoms with Gasteiger partial charge in [-0.25, -0.2) is 4.98 Å². The van der Waals surface area contributed by atoms with Crippen LogP contribution < -0.4 is 5.32 Å². The lowest BCUT2D eigenvalue weighted by atomic mass is 9.94. The number of halogens is 1. The number of ketones is 1. The smallest absolute Gasteiger partial charge is 0.307 e. The molecule has 1 unspecified atom stereocenters. The van der Waals surface area contributed by atoms with E-state index < -0.39 is 11.9 Å². The minimum atomic E-state index is -0.930. The Labute approximate surface area is 213 Å². The van der Waals surface area contributed by atoms with Gasteiger partial charge in [-0.15, -0.1) is 0 Å². The highest BCUT2D eigenvalue weighted by Gasteiger charge is 2.22. The first-order valence-corrected chi connectivity index (χ1v) is 12.4. The van der Waals surface area contributed by atoms with Gasteiger partial charge in [-0.3, -0.25) is 9.59 Å². The van der Waals surface area contributed by atoms with E-state index in [1.165, 1.54) is 0 Å². The number of carboxylic acid groups (broad SMARTS) is 1. The van der Waals surface area contributed by atoms with Crippen LogP contribution in [0, 0.1) is 5.92 Å². The number of nitrogens with one attached hydrogen (secondary N) is 1. The number of rotatable bonds is 10. The van der Waals surface area contributed by atoms with Crippen LogP contribution in [0.5, 0.6) is 0 Å². The predicted octanol–water partition coefficient (Wildman–Crippen LogP) is 6.59. The van der Waals surface area contributed by atoms with Gasteiger partial charge in [-0.1, -0.05) is 59.3 Å². The Morgan fingerprint density at radius 2 is 1.69 bits per heavy atom. The van der Waals surface area contributed by atoms with E-state index in [0.717, 1.165) is 32.2 Å². The maximum absolute atomic E-state index is 12.7. The quantitative estimate of drug-likeness (QED) is 0.236. The molecule has 1 atom stereocenters. The largest absolute Gasteiger partial charge is 0.481 e. The molecule has 0 aliphatic heterocycles. The van der Waals surface area contributed by atoms with Crippen molar-refractivity contribution in [3.63, 3.8) is 0 Å². The number of hydrogen-bond donors (Lipinski definition) is 2. The molecule has 0 radical (unpaired) electrons. The van der Waals surface area contributed by atoms with Gasteiger partial charge >= 0.3 is 5.97 Å². The lowest BCUT2D eigenvalue weighted by Gasteiger charge is -2.15. The molecular formula is C27H26ClN3O3S. The number of anilines is 2. The molecule has 180 valence electrons. The molecule has 0 aliphatic carbocycles. The van der Waals surface area contributed by atoms with Crippen molar-refractivity contribution in [3.05, 3.63) is 77.3 Å². The van der Waals surface area contributed by atoms with E-state index in [1.807, 2.05) is 73.6 Å². The predicted molar refractivity (Wildman–Crippen MR) is 143 cm³/mol. The summed E-state index contributed by atoms with van der Waals surface area (Å²) < 4.78 is 1.03. The van der Waals surface area contributed by atoms with E-state index in [1.54, 1.807) is 23.5 Å². The molecule has 0 fully saturated rings. The first-order valence-electron chi connectivity index (χ1n) is 11.2. The first-order chi connectivity index (χ1) is 16.8. The summed E-state index contributed by atoms with van der Waals surface area (Å²) in [6.45, 7) is 0.626. The zero-order valence-electron chi connectivity index (χ0n) is 19.5. The number of aromatic nitrogens is 1. The van der Waals surface area contributed by atoms with E-state index in [0.29, 0.717) is 23.6 Å². The van der Waals surface area contributed by atoms with Crippen LogP contribution in [0.3, 0.4) is 0 Å². The van der Waals surface area contributed by atoms with Crippen molar-refractivity contribution in [3.8, 4) is 11.1 Å². The number of hydrogen-bond acceptors (Lipinski definition) is 6. The van der Waals surface area contributed by atoms with Crippen molar-refractivity contribution >= 4 is 55.7 Å². The van der Waals surface area contributed by atoms with Crippen LogP contribution in [0.25, 0.3) is 21.3 Å². The Morgan fingerprint density at radius 3 is 2.31 bits per heavy atom. The average molecular weight is 508 g/mol. The van der Waals surface area contributed by atoms with Crippen molar-refractivity contribution in [1.82, 2.24) is 9.88 Å². The Balaban J connectivity index is 1.40. The lowest BCUT2D eigenvalue weighted by Crippen LogP contribution is -2.23. The average Bonchev–Trinajstić information content (AvgIpc) is 3.23. The summed E-state index contributed by atoms with van der Waals surface area (Å²) in [5.74, 6) is -1.77. The van der Waals surface area contributed by atoms with Gasteiger partial charge in [-0.05, 0) is 68.5 Å². The summed E-state index contributed by atoms with van der Waals surface area (Å²) >= 11 is 7.61. The third-order valence-corrected chi connectivity index (χ3v) is 6.90. The zero-order chi connectivity index (χ0) is 24.9. The van der Waals surface area contributed by atoms with Gasteiger partial charge in [0.15, 0.2) is 10.9 Å². The van der Waals surface area contributed by atoms with Gasteiger partial charge in [0.1, 0.15) is 0 Å². The molecule has 0 spiro atoms. The molecule has 35 heavy (non-hydrogen) atoms. The standard InChI is InChI=1S/C27H26ClN3O3S/c1-31(2)14-13-20(26(33)34)15-24(32)19-5-3-17(4-6-19)18-7-10-22(11-8-18)29-27-30-23-12-9-21(28)16-25(23)35-27/h3-12,16,20H,13-15H2,1-2H3,(H,29,30)(H,33,34). The van der Waals surface area contributed by atoms with Crippen LogP contribution in [-0.4, -0.2) is 47.4 Å². The first kappa shape index (κ1) is 24.9. The molecule has 1 heterocycles. The van der Waals surface area contributed by atoms with Crippen molar-refractivity contribution < 1.29 is 14.7 Å². The van der Waals surface area contributed by atoms with Crippen LogP contribution in [0.2, 0.25) is 5.02 Å². The number of aliphatic carboxylic acids is 1. The summed E-state index contributed by atoms with van der Waals surface area (Å²) in [4.78, 5) is 30.7. The second-order valence-corrected chi connectivity index (χ2v) is 10.1. The highest BCUT2D eigenvalue weighted by molar-refractivity contribution is 7.22. The molecule has 0 saturated heterocycles. The van der Waals surface area contributed by atoms with Gasteiger partial charge in [0.25, 0.3) is 0 Å². The number of thiazole rings is 1. The van der Waals surface area contributed by atoms with Gasteiger partial charge in [0, 0.05) is 22.7 Å². The van der Waals surface area contributed by atoms with Gasteiger partial charge in [0.2, 0.25) is 0 Å². The fraction of sp³-hybridized carbons (Fsp3) is 0.222. The molecule has 0 amide bonds. The third-order valence-electron chi connectivity index (χ3n) is 5.73. The number of Topliss-reactive ketones (excluding diaryl/α,β-unsaturated/α-hetero) is 1. The van der Waals surface area contributed by atoms with Crippen molar-refractivity contribution in [1.29, 1.82) is 0 Å². The Kier molecular flexibility index (Phi) is 7.80. The minimum Gasteiger partial charge on any atom is -0.481 e. The number of carboxylic acids is 1.